The minimum atomic E-state index is 0.214. The van der Waals surface area contributed by atoms with Crippen LogP contribution in [-0.2, 0) is 11.2 Å². The van der Waals surface area contributed by atoms with E-state index in [-0.39, 0.29) is 18.6 Å². The fraction of sp³-hybridized carbons (Fsp3) is 0.688. The highest BCUT2D eigenvalue weighted by Gasteiger charge is 2.24. The molecule has 1 aliphatic heterocycles. The summed E-state index contributed by atoms with van der Waals surface area (Å²) in [5, 5.41) is 11.4. The molecule has 1 saturated heterocycles. The van der Waals surface area contributed by atoms with Crippen molar-refractivity contribution in [3.05, 3.63) is 22.4 Å². The van der Waals surface area contributed by atoms with Crippen LogP contribution in [0.5, 0.6) is 0 Å². The van der Waals surface area contributed by atoms with E-state index >= 15 is 0 Å². The molecule has 1 fully saturated rings. The summed E-state index contributed by atoms with van der Waals surface area (Å²) < 4.78 is 0. The summed E-state index contributed by atoms with van der Waals surface area (Å²) in [6, 6.07) is 4.45. The molecule has 2 heterocycles. The Morgan fingerprint density at radius 2 is 2.14 bits per heavy atom. The molecule has 0 bridgehead atoms. The van der Waals surface area contributed by atoms with Crippen LogP contribution in [0.4, 0.5) is 0 Å². The van der Waals surface area contributed by atoms with Crippen molar-refractivity contribution in [3.8, 4) is 0 Å². The van der Waals surface area contributed by atoms with Crippen LogP contribution in [0, 0.1) is 0 Å². The number of hydrogen-bond acceptors (Lipinski definition) is 4. The van der Waals surface area contributed by atoms with E-state index in [0.29, 0.717) is 6.42 Å². The number of aliphatic hydroxyl groups is 1. The summed E-state index contributed by atoms with van der Waals surface area (Å²) in [5.74, 6) is 0.281. The highest BCUT2D eigenvalue weighted by atomic mass is 32.1. The molecule has 4 nitrogen and oxygen atoms in total. The van der Waals surface area contributed by atoms with Gasteiger partial charge in [-0.25, -0.2) is 0 Å². The van der Waals surface area contributed by atoms with Gasteiger partial charge in [0, 0.05) is 43.5 Å². The van der Waals surface area contributed by atoms with Gasteiger partial charge in [-0.3, -0.25) is 9.69 Å². The number of aryl methyl sites for hydroxylation is 1. The zero-order valence-electron chi connectivity index (χ0n) is 12.8. The van der Waals surface area contributed by atoms with Crippen LogP contribution in [0.3, 0.4) is 0 Å². The number of amides is 1. The predicted octanol–water partition coefficient (Wildman–Crippen LogP) is 1.99. The monoisotopic (exact) mass is 310 g/mol. The Kier molecular flexibility index (Phi) is 6.67. The van der Waals surface area contributed by atoms with Crippen molar-refractivity contribution < 1.29 is 9.90 Å². The molecule has 1 aliphatic rings. The van der Waals surface area contributed by atoms with Crippen LogP contribution < -0.4 is 0 Å². The molecule has 21 heavy (non-hydrogen) atoms. The fourth-order valence-corrected chi connectivity index (χ4v) is 3.62. The summed E-state index contributed by atoms with van der Waals surface area (Å²) in [6.45, 7) is 5.68. The van der Waals surface area contributed by atoms with Gasteiger partial charge in [-0.1, -0.05) is 13.0 Å². The molecule has 0 saturated carbocycles. The molecule has 0 aromatic carbocycles. The van der Waals surface area contributed by atoms with Gasteiger partial charge in [-0.2, -0.15) is 0 Å². The van der Waals surface area contributed by atoms with E-state index in [4.69, 9.17) is 0 Å². The highest BCUT2D eigenvalue weighted by Crippen LogP contribution is 2.14. The van der Waals surface area contributed by atoms with Crippen molar-refractivity contribution in [1.29, 1.82) is 0 Å². The first-order valence-corrected chi connectivity index (χ1v) is 8.77. The third-order valence-corrected chi connectivity index (χ3v) is 5.20. The Balaban J connectivity index is 1.68. The molecule has 0 aliphatic carbocycles. The molecule has 1 amide bonds. The maximum Gasteiger partial charge on any atom is 0.222 e. The number of aliphatic hydroxyl groups excluding tert-OH is 1. The number of carbonyl (C=O) groups excluding carboxylic acids is 1. The van der Waals surface area contributed by atoms with Crippen LogP contribution in [0.15, 0.2) is 17.5 Å². The van der Waals surface area contributed by atoms with Crippen molar-refractivity contribution in [2.45, 2.75) is 38.6 Å². The largest absolute Gasteiger partial charge is 0.395 e. The molecule has 1 aromatic rings. The van der Waals surface area contributed by atoms with Gasteiger partial charge in [0.1, 0.15) is 0 Å². The lowest BCUT2D eigenvalue weighted by molar-refractivity contribution is -0.133. The van der Waals surface area contributed by atoms with E-state index in [1.807, 2.05) is 4.90 Å². The molecular weight excluding hydrogens is 284 g/mol. The molecule has 1 unspecified atom stereocenters. The summed E-state index contributed by atoms with van der Waals surface area (Å²) in [6.07, 6.45) is 3.56. The Hall–Kier alpha value is -0.910. The Morgan fingerprint density at radius 1 is 1.38 bits per heavy atom. The molecule has 1 N–H and O–H groups in total. The third-order valence-electron chi connectivity index (χ3n) is 4.26. The SMILES string of the molecule is CCC(CO)N1CCN(C(=O)CCCc2cccs2)CC1. The smallest absolute Gasteiger partial charge is 0.222 e. The van der Waals surface area contributed by atoms with Crippen molar-refractivity contribution in [3.63, 3.8) is 0 Å². The van der Waals surface area contributed by atoms with Gasteiger partial charge in [0.25, 0.3) is 0 Å². The number of piperazine rings is 1. The van der Waals surface area contributed by atoms with Crippen molar-refractivity contribution >= 4 is 17.2 Å². The molecule has 1 aromatic heterocycles. The first-order valence-electron chi connectivity index (χ1n) is 7.89. The third kappa shape index (κ3) is 4.80. The number of thiophene rings is 1. The zero-order chi connectivity index (χ0) is 15.1. The van der Waals surface area contributed by atoms with Crippen LogP contribution in [0.2, 0.25) is 0 Å². The summed E-state index contributed by atoms with van der Waals surface area (Å²) in [7, 11) is 0. The normalized spacial score (nSPS) is 17.9. The molecule has 0 radical (unpaired) electrons. The number of carbonyl (C=O) groups is 1. The average Bonchev–Trinajstić information content (AvgIpc) is 3.02. The van der Waals surface area contributed by atoms with Gasteiger partial charge < -0.3 is 10.0 Å². The standard InChI is InChI=1S/C16H26N2O2S/c1-2-14(13-19)17-8-10-18(11-9-17)16(20)7-3-5-15-6-4-12-21-15/h4,6,12,14,19H,2-3,5,7-11,13H2,1H3. The van der Waals surface area contributed by atoms with Crippen molar-refractivity contribution in [1.82, 2.24) is 9.80 Å². The van der Waals surface area contributed by atoms with Gasteiger partial charge in [0.15, 0.2) is 0 Å². The summed E-state index contributed by atoms with van der Waals surface area (Å²) in [5.41, 5.74) is 0. The molecule has 5 heteroatoms. The van der Waals surface area contributed by atoms with E-state index in [9.17, 15) is 9.90 Å². The van der Waals surface area contributed by atoms with Gasteiger partial charge in [-0.15, -0.1) is 11.3 Å². The second kappa shape index (κ2) is 8.51. The van der Waals surface area contributed by atoms with Gasteiger partial charge in [0.05, 0.1) is 6.61 Å². The second-order valence-electron chi connectivity index (χ2n) is 5.59. The van der Waals surface area contributed by atoms with Crippen molar-refractivity contribution in [2.75, 3.05) is 32.8 Å². The average molecular weight is 310 g/mol. The van der Waals surface area contributed by atoms with E-state index in [2.05, 4.69) is 29.3 Å². The van der Waals surface area contributed by atoms with Crippen LogP contribution in [-0.4, -0.2) is 59.6 Å². The second-order valence-corrected chi connectivity index (χ2v) is 6.63. The molecule has 0 spiro atoms. The van der Waals surface area contributed by atoms with Gasteiger partial charge in [-0.05, 0) is 30.7 Å². The fourth-order valence-electron chi connectivity index (χ4n) is 2.87. The van der Waals surface area contributed by atoms with E-state index in [1.165, 1.54) is 4.88 Å². The maximum atomic E-state index is 12.2. The Morgan fingerprint density at radius 3 is 2.71 bits per heavy atom. The maximum absolute atomic E-state index is 12.2. The Bertz CT molecular complexity index is 410. The molecular formula is C16H26N2O2S. The highest BCUT2D eigenvalue weighted by molar-refractivity contribution is 7.09. The minimum absolute atomic E-state index is 0.214. The minimum Gasteiger partial charge on any atom is -0.395 e. The number of rotatable bonds is 7. The van der Waals surface area contributed by atoms with Gasteiger partial charge >= 0.3 is 0 Å². The van der Waals surface area contributed by atoms with Crippen molar-refractivity contribution in [2.24, 2.45) is 0 Å². The first-order chi connectivity index (χ1) is 10.2. The quantitative estimate of drug-likeness (QED) is 0.837. The first kappa shape index (κ1) is 16.5. The number of hydrogen-bond donors (Lipinski definition) is 1. The van der Waals surface area contributed by atoms with Crippen LogP contribution >= 0.6 is 11.3 Å². The predicted molar refractivity (Wildman–Crippen MR) is 86.6 cm³/mol. The lowest BCUT2D eigenvalue weighted by Gasteiger charge is -2.38. The van der Waals surface area contributed by atoms with Gasteiger partial charge in [0.2, 0.25) is 5.91 Å². The van der Waals surface area contributed by atoms with E-state index in [1.54, 1.807) is 11.3 Å². The Labute approximate surface area is 131 Å². The molecule has 2 rings (SSSR count). The zero-order valence-corrected chi connectivity index (χ0v) is 13.6. The number of nitrogens with zero attached hydrogens (tertiary/aromatic N) is 2. The van der Waals surface area contributed by atoms with E-state index in [0.717, 1.165) is 45.4 Å². The van der Waals surface area contributed by atoms with Crippen LogP contribution in [0.1, 0.15) is 31.1 Å². The van der Waals surface area contributed by atoms with E-state index < -0.39 is 0 Å². The van der Waals surface area contributed by atoms with Crippen LogP contribution in [0.25, 0.3) is 0 Å². The molecule has 118 valence electrons. The topological polar surface area (TPSA) is 43.8 Å². The lowest BCUT2D eigenvalue weighted by atomic mass is 10.1. The summed E-state index contributed by atoms with van der Waals surface area (Å²) in [4.78, 5) is 17.8. The molecule has 1 atom stereocenters. The lowest BCUT2D eigenvalue weighted by Crippen LogP contribution is -2.52. The summed E-state index contributed by atoms with van der Waals surface area (Å²) >= 11 is 1.76.